The molecule has 0 spiro atoms. The van der Waals surface area contributed by atoms with Crippen molar-refractivity contribution in [2.45, 2.75) is 25.6 Å². The Labute approximate surface area is 110 Å². The molecule has 19 heavy (non-hydrogen) atoms. The van der Waals surface area contributed by atoms with E-state index in [1.54, 1.807) is 30.3 Å². The summed E-state index contributed by atoms with van der Waals surface area (Å²) in [6.07, 6.45) is -1.59. The third-order valence-corrected chi connectivity index (χ3v) is 2.38. The van der Waals surface area contributed by atoms with Gasteiger partial charge in [-0.2, -0.15) is 8.78 Å². The van der Waals surface area contributed by atoms with Gasteiger partial charge >= 0.3 is 11.9 Å². The standard InChI is InChI=1S/C14H16F2O3/c1-3-14(15,16)12(13(17)18-4-2)19-10-11-8-6-5-7-9-11/h3,5-9,12H,1,4,10H2,2H3. The zero-order valence-corrected chi connectivity index (χ0v) is 10.6. The number of esters is 1. The van der Waals surface area contributed by atoms with Crippen molar-refractivity contribution in [3.05, 3.63) is 48.6 Å². The first-order valence-electron chi connectivity index (χ1n) is 5.84. The number of halogens is 2. The largest absolute Gasteiger partial charge is 0.464 e. The van der Waals surface area contributed by atoms with Crippen LogP contribution >= 0.6 is 0 Å². The van der Waals surface area contributed by atoms with Crippen molar-refractivity contribution in [3.63, 3.8) is 0 Å². The van der Waals surface area contributed by atoms with Crippen LogP contribution in [0.3, 0.4) is 0 Å². The molecule has 0 aliphatic carbocycles. The summed E-state index contributed by atoms with van der Waals surface area (Å²) in [5.41, 5.74) is 0.691. The first-order valence-corrected chi connectivity index (χ1v) is 5.84. The van der Waals surface area contributed by atoms with Crippen LogP contribution in [0, 0.1) is 0 Å². The third-order valence-electron chi connectivity index (χ3n) is 2.38. The van der Waals surface area contributed by atoms with Crippen LogP contribution in [0.25, 0.3) is 0 Å². The number of carbonyl (C=O) groups is 1. The van der Waals surface area contributed by atoms with Crippen molar-refractivity contribution in [3.8, 4) is 0 Å². The molecular weight excluding hydrogens is 254 g/mol. The van der Waals surface area contributed by atoms with E-state index < -0.39 is 18.0 Å². The molecule has 0 fully saturated rings. The van der Waals surface area contributed by atoms with E-state index in [9.17, 15) is 13.6 Å². The summed E-state index contributed by atoms with van der Waals surface area (Å²) in [5, 5.41) is 0. The average Bonchev–Trinajstić information content (AvgIpc) is 2.40. The van der Waals surface area contributed by atoms with E-state index in [1.807, 2.05) is 0 Å². The lowest BCUT2D eigenvalue weighted by Gasteiger charge is -2.22. The van der Waals surface area contributed by atoms with E-state index in [-0.39, 0.29) is 13.2 Å². The number of rotatable bonds is 7. The molecule has 0 amide bonds. The van der Waals surface area contributed by atoms with Gasteiger partial charge in [0.15, 0.2) is 0 Å². The minimum Gasteiger partial charge on any atom is -0.464 e. The van der Waals surface area contributed by atoms with Crippen LogP contribution < -0.4 is 0 Å². The SMILES string of the molecule is C=CC(F)(F)C(OCc1ccccc1)C(=O)OCC. The van der Waals surface area contributed by atoms with Gasteiger partial charge in [0, 0.05) is 0 Å². The quantitative estimate of drug-likeness (QED) is 0.564. The molecule has 0 saturated carbocycles. The van der Waals surface area contributed by atoms with Gasteiger partial charge in [0.1, 0.15) is 0 Å². The van der Waals surface area contributed by atoms with E-state index in [0.29, 0.717) is 11.6 Å². The Hall–Kier alpha value is -1.75. The van der Waals surface area contributed by atoms with Crippen molar-refractivity contribution in [2.24, 2.45) is 0 Å². The summed E-state index contributed by atoms with van der Waals surface area (Å²) in [4.78, 5) is 11.5. The molecule has 0 saturated heterocycles. The fourth-order valence-corrected chi connectivity index (χ4v) is 1.42. The highest BCUT2D eigenvalue weighted by Gasteiger charge is 2.44. The van der Waals surface area contributed by atoms with Crippen LogP contribution in [0.2, 0.25) is 0 Å². The smallest absolute Gasteiger partial charge is 0.342 e. The first kappa shape index (κ1) is 15.3. The Morgan fingerprint density at radius 3 is 2.58 bits per heavy atom. The Balaban J connectivity index is 2.75. The molecule has 0 aliphatic heterocycles. The highest BCUT2D eigenvalue weighted by Crippen LogP contribution is 2.24. The van der Waals surface area contributed by atoms with Gasteiger partial charge in [0.05, 0.1) is 13.2 Å². The van der Waals surface area contributed by atoms with Gasteiger partial charge in [0.25, 0.3) is 0 Å². The molecule has 1 unspecified atom stereocenters. The van der Waals surface area contributed by atoms with Gasteiger partial charge < -0.3 is 9.47 Å². The molecule has 1 rings (SSSR count). The molecule has 0 heterocycles. The van der Waals surface area contributed by atoms with Crippen molar-refractivity contribution in [1.29, 1.82) is 0 Å². The lowest BCUT2D eigenvalue weighted by Crippen LogP contribution is -2.41. The molecule has 1 aromatic rings. The zero-order chi connectivity index (χ0) is 14.3. The predicted octanol–water partition coefficient (Wildman–Crippen LogP) is 2.96. The zero-order valence-electron chi connectivity index (χ0n) is 10.6. The molecular formula is C14H16F2O3. The topological polar surface area (TPSA) is 35.5 Å². The summed E-state index contributed by atoms with van der Waals surface area (Å²) < 4.78 is 36.7. The van der Waals surface area contributed by atoms with Gasteiger partial charge in [-0.25, -0.2) is 4.79 Å². The number of hydrogen-bond acceptors (Lipinski definition) is 3. The van der Waals surface area contributed by atoms with Crippen LogP contribution in [-0.2, 0) is 20.9 Å². The fourth-order valence-electron chi connectivity index (χ4n) is 1.42. The maximum Gasteiger partial charge on any atom is 0.342 e. The van der Waals surface area contributed by atoms with Crippen molar-refractivity contribution in [2.75, 3.05) is 6.61 Å². The van der Waals surface area contributed by atoms with E-state index >= 15 is 0 Å². The molecule has 1 atom stereocenters. The molecule has 0 aliphatic rings. The first-order chi connectivity index (χ1) is 9.01. The van der Waals surface area contributed by atoms with E-state index in [4.69, 9.17) is 4.74 Å². The summed E-state index contributed by atoms with van der Waals surface area (Å²) >= 11 is 0. The second-order valence-corrected chi connectivity index (χ2v) is 3.81. The van der Waals surface area contributed by atoms with Gasteiger partial charge in [-0.1, -0.05) is 36.9 Å². The Morgan fingerprint density at radius 2 is 2.05 bits per heavy atom. The number of benzene rings is 1. The van der Waals surface area contributed by atoms with Crippen molar-refractivity contribution in [1.82, 2.24) is 0 Å². The maximum absolute atomic E-state index is 13.5. The Morgan fingerprint density at radius 1 is 1.42 bits per heavy atom. The molecule has 5 heteroatoms. The van der Waals surface area contributed by atoms with E-state index in [0.717, 1.165) is 0 Å². The van der Waals surface area contributed by atoms with Crippen molar-refractivity contribution < 1.29 is 23.0 Å². The summed E-state index contributed by atoms with van der Waals surface area (Å²) in [6.45, 7) is 4.46. The van der Waals surface area contributed by atoms with Crippen LogP contribution in [-0.4, -0.2) is 24.6 Å². The summed E-state index contributed by atoms with van der Waals surface area (Å²) in [6, 6.07) is 8.74. The molecule has 0 N–H and O–H groups in total. The Kier molecular flexibility index (Phi) is 5.63. The molecule has 0 aromatic heterocycles. The monoisotopic (exact) mass is 270 g/mol. The Bertz CT molecular complexity index is 418. The minimum atomic E-state index is -3.47. The van der Waals surface area contributed by atoms with Gasteiger partial charge in [-0.05, 0) is 18.6 Å². The average molecular weight is 270 g/mol. The van der Waals surface area contributed by atoms with Gasteiger partial charge in [-0.15, -0.1) is 0 Å². The van der Waals surface area contributed by atoms with Gasteiger partial charge in [-0.3, -0.25) is 0 Å². The lowest BCUT2D eigenvalue weighted by molar-refractivity contribution is -0.179. The minimum absolute atomic E-state index is 0.0112. The highest BCUT2D eigenvalue weighted by atomic mass is 19.3. The highest BCUT2D eigenvalue weighted by molar-refractivity contribution is 5.76. The number of alkyl halides is 2. The van der Waals surface area contributed by atoms with Gasteiger partial charge in [0.2, 0.25) is 6.10 Å². The molecule has 104 valence electrons. The second kappa shape index (κ2) is 6.99. The normalized spacial score (nSPS) is 12.8. The van der Waals surface area contributed by atoms with E-state index in [1.165, 1.54) is 6.92 Å². The third kappa shape index (κ3) is 4.44. The summed E-state index contributed by atoms with van der Waals surface area (Å²) in [5.74, 6) is -4.57. The number of ether oxygens (including phenoxy) is 2. The fraction of sp³-hybridized carbons (Fsp3) is 0.357. The molecule has 0 bridgehead atoms. The molecule has 3 nitrogen and oxygen atoms in total. The molecule has 1 aromatic carbocycles. The van der Waals surface area contributed by atoms with Crippen LogP contribution in [0.4, 0.5) is 8.78 Å². The lowest BCUT2D eigenvalue weighted by atomic mass is 10.2. The number of carbonyl (C=O) groups excluding carboxylic acids is 1. The maximum atomic E-state index is 13.5. The van der Waals surface area contributed by atoms with Crippen molar-refractivity contribution >= 4 is 5.97 Å². The molecule has 0 radical (unpaired) electrons. The summed E-state index contributed by atoms with van der Waals surface area (Å²) in [7, 11) is 0. The second-order valence-electron chi connectivity index (χ2n) is 3.81. The van der Waals surface area contributed by atoms with Crippen LogP contribution in [0.1, 0.15) is 12.5 Å². The predicted molar refractivity (Wildman–Crippen MR) is 66.8 cm³/mol. The van der Waals surface area contributed by atoms with Crippen LogP contribution in [0.5, 0.6) is 0 Å². The van der Waals surface area contributed by atoms with Crippen LogP contribution in [0.15, 0.2) is 43.0 Å². The number of hydrogen-bond donors (Lipinski definition) is 0. The van der Waals surface area contributed by atoms with E-state index in [2.05, 4.69) is 11.3 Å².